The summed E-state index contributed by atoms with van der Waals surface area (Å²) in [7, 11) is 0. The van der Waals surface area contributed by atoms with Crippen molar-refractivity contribution >= 4 is 58.0 Å². The number of aromatic hydroxyl groups is 1. The maximum Gasteiger partial charge on any atom is 0.167 e. The molecule has 2 aromatic carbocycles. The minimum atomic E-state index is 0.0616. The quantitative estimate of drug-likeness (QED) is 0.494. The molecule has 0 saturated carbocycles. The highest BCUT2D eigenvalue weighted by Gasteiger charge is 2.21. The Morgan fingerprint density at radius 2 is 1.11 bits per heavy atom. The molecule has 0 aromatic heterocycles. The Hall–Kier alpha value is -0.510. The number of rotatable bonds is 2. The number of ether oxygens (including phenoxy) is 1. The van der Waals surface area contributed by atoms with Crippen molar-refractivity contribution in [1.29, 1.82) is 0 Å². The number of benzene rings is 2. The lowest BCUT2D eigenvalue weighted by molar-refractivity contribution is 0.464. The van der Waals surface area contributed by atoms with Gasteiger partial charge < -0.3 is 9.84 Å². The summed E-state index contributed by atoms with van der Waals surface area (Å²) >= 11 is 29.8. The zero-order valence-corrected chi connectivity index (χ0v) is 12.8. The maximum absolute atomic E-state index is 9.19. The zero-order valence-electron chi connectivity index (χ0n) is 9.05. The lowest BCUT2D eigenvalue weighted by atomic mass is 10.3. The van der Waals surface area contributed by atoms with Crippen LogP contribution in [0.15, 0.2) is 24.3 Å². The van der Waals surface area contributed by atoms with E-state index in [2.05, 4.69) is 0 Å². The smallest absolute Gasteiger partial charge is 0.167 e. The highest BCUT2D eigenvalue weighted by atomic mass is 35.5. The van der Waals surface area contributed by atoms with E-state index >= 15 is 0 Å². The van der Waals surface area contributed by atoms with Crippen LogP contribution >= 0.6 is 58.0 Å². The summed E-state index contributed by atoms with van der Waals surface area (Å²) in [6, 6.07) is 5.99. The summed E-state index contributed by atoms with van der Waals surface area (Å²) in [6.07, 6.45) is 0. The fourth-order valence-corrected chi connectivity index (χ4v) is 2.50. The molecule has 2 nitrogen and oxygen atoms in total. The van der Waals surface area contributed by atoms with Gasteiger partial charge in [0.1, 0.15) is 21.5 Å². The van der Waals surface area contributed by atoms with E-state index in [9.17, 15) is 5.11 Å². The average molecular weight is 358 g/mol. The molecule has 1 N–H and O–H groups in total. The van der Waals surface area contributed by atoms with Gasteiger partial charge in [-0.15, -0.1) is 0 Å². The molecule has 0 unspecified atom stereocenters. The predicted octanol–water partition coefficient (Wildman–Crippen LogP) is 6.45. The van der Waals surface area contributed by atoms with Crippen LogP contribution in [0, 0.1) is 0 Å². The molecule has 0 saturated heterocycles. The van der Waals surface area contributed by atoms with Gasteiger partial charge in [0.2, 0.25) is 0 Å². The third-order valence-corrected chi connectivity index (χ3v) is 4.47. The van der Waals surface area contributed by atoms with Gasteiger partial charge in [-0.05, 0) is 24.3 Å². The van der Waals surface area contributed by atoms with Crippen LogP contribution in [-0.2, 0) is 0 Å². The van der Waals surface area contributed by atoms with Crippen LogP contribution in [0.3, 0.4) is 0 Å². The molecule has 0 aliphatic heterocycles. The predicted molar refractivity (Wildman–Crippen MR) is 79.7 cm³/mol. The largest absolute Gasteiger partial charge is 0.508 e. The van der Waals surface area contributed by atoms with Gasteiger partial charge in [0.25, 0.3) is 0 Å². The maximum atomic E-state index is 9.19. The van der Waals surface area contributed by atoms with Gasteiger partial charge in [-0.25, -0.2) is 0 Å². The first-order valence-corrected chi connectivity index (χ1v) is 6.79. The summed E-state index contributed by atoms with van der Waals surface area (Å²) in [5, 5.41) is 9.51. The fraction of sp³-hybridized carbons (Fsp3) is 0. The zero-order chi connectivity index (χ0) is 14.2. The summed E-state index contributed by atoms with van der Waals surface area (Å²) in [5.41, 5.74) is 0. The lowest BCUT2D eigenvalue weighted by Crippen LogP contribution is -1.89. The molecule has 19 heavy (non-hydrogen) atoms. The molecule has 7 heteroatoms. The second-order valence-corrected chi connectivity index (χ2v) is 5.38. The van der Waals surface area contributed by atoms with Crippen molar-refractivity contribution in [3.05, 3.63) is 49.4 Å². The molecule has 0 amide bonds. The first-order valence-electron chi connectivity index (χ1n) is 4.90. The molecule has 0 heterocycles. The molecule has 0 atom stereocenters. The van der Waals surface area contributed by atoms with Crippen molar-refractivity contribution in [2.24, 2.45) is 0 Å². The van der Waals surface area contributed by atoms with Gasteiger partial charge in [0, 0.05) is 0 Å². The van der Waals surface area contributed by atoms with Gasteiger partial charge in [0.15, 0.2) is 5.75 Å². The number of hydrogen-bond donors (Lipinski definition) is 1. The van der Waals surface area contributed by atoms with E-state index in [-0.39, 0.29) is 36.6 Å². The Morgan fingerprint density at radius 1 is 0.684 bits per heavy atom. The minimum Gasteiger partial charge on any atom is -0.508 e. The first-order chi connectivity index (χ1) is 8.91. The van der Waals surface area contributed by atoms with Gasteiger partial charge >= 0.3 is 0 Å². The molecule has 0 bridgehead atoms. The SMILES string of the molecule is Oc1ccc(Oc2c(Cl)c(Cl)c(Cl)c(Cl)c2Cl)cc1. The average Bonchev–Trinajstić information content (AvgIpc) is 2.41. The third-order valence-electron chi connectivity index (χ3n) is 2.23. The topological polar surface area (TPSA) is 29.5 Å². The van der Waals surface area contributed by atoms with Crippen LogP contribution < -0.4 is 4.74 Å². The van der Waals surface area contributed by atoms with E-state index in [1.165, 1.54) is 12.1 Å². The molecular weight excluding hydrogens is 353 g/mol. The van der Waals surface area contributed by atoms with Crippen molar-refractivity contribution in [3.63, 3.8) is 0 Å². The highest BCUT2D eigenvalue weighted by Crippen LogP contribution is 2.49. The number of halogens is 5. The molecular formula is C12H5Cl5O2. The van der Waals surface area contributed by atoms with Crippen molar-refractivity contribution in [2.75, 3.05) is 0 Å². The Morgan fingerprint density at radius 3 is 1.58 bits per heavy atom. The normalized spacial score (nSPS) is 10.6. The van der Waals surface area contributed by atoms with Crippen LogP contribution in [0.4, 0.5) is 0 Å². The Bertz CT molecular complexity index is 596. The molecule has 0 radical (unpaired) electrons. The van der Waals surface area contributed by atoms with Crippen LogP contribution in [-0.4, -0.2) is 5.11 Å². The van der Waals surface area contributed by atoms with Crippen molar-refractivity contribution in [1.82, 2.24) is 0 Å². The standard InChI is InChI=1S/C12H5Cl5O2/c13-7-8(14)10(16)12(11(17)9(7)15)19-6-3-1-5(18)2-4-6/h1-4,18H. The van der Waals surface area contributed by atoms with E-state index in [0.717, 1.165) is 0 Å². The van der Waals surface area contributed by atoms with E-state index < -0.39 is 0 Å². The molecule has 0 fully saturated rings. The molecule has 2 aromatic rings. The van der Waals surface area contributed by atoms with E-state index in [4.69, 9.17) is 62.7 Å². The van der Waals surface area contributed by atoms with Crippen LogP contribution in [0.5, 0.6) is 17.2 Å². The summed E-state index contributed by atoms with van der Waals surface area (Å²) < 4.78 is 5.51. The van der Waals surface area contributed by atoms with Crippen molar-refractivity contribution < 1.29 is 9.84 Å². The van der Waals surface area contributed by atoms with Gasteiger partial charge in [-0.2, -0.15) is 0 Å². The second kappa shape index (κ2) is 5.86. The lowest BCUT2D eigenvalue weighted by Gasteiger charge is -2.13. The third kappa shape index (κ3) is 2.99. The monoisotopic (exact) mass is 356 g/mol. The molecule has 0 spiro atoms. The molecule has 2 rings (SSSR count). The van der Waals surface area contributed by atoms with Crippen LogP contribution in [0.25, 0.3) is 0 Å². The van der Waals surface area contributed by atoms with Gasteiger partial charge in [0.05, 0.1) is 15.1 Å². The molecule has 0 aliphatic carbocycles. The highest BCUT2D eigenvalue weighted by molar-refractivity contribution is 6.55. The summed E-state index contributed by atoms with van der Waals surface area (Å²) in [6.45, 7) is 0. The van der Waals surface area contributed by atoms with Crippen LogP contribution in [0.1, 0.15) is 0 Å². The number of hydrogen-bond acceptors (Lipinski definition) is 2. The summed E-state index contributed by atoms with van der Waals surface area (Å²) in [5.74, 6) is 0.626. The number of phenols is 1. The Labute approximate surface area is 134 Å². The Kier molecular flexibility index (Phi) is 4.59. The van der Waals surface area contributed by atoms with Crippen molar-refractivity contribution in [2.45, 2.75) is 0 Å². The first kappa shape index (κ1) is 14.9. The Balaban J connectivity index is 2.48. The molecule has 100 valence electrons. The number of phenolic OH excluding ortho intramolecular Hbond substituents is 1. The molecule has 0 aliphatic rings. The summed E-state index contributed by atoms with van der Waals surface area (Å²) in [4.78, 5) is 0. The van der Waals surface area contributed by atoms with Gasteiger partial charge in [-0.1, -0.05) is 58.0 Å². The van der Waals surface area contributed by atoms with E-state index in [0.29, 0.717) is 5.75 Å². The second-order valence-electron chi connectivity index (χ2n) is 3.49. The van der Waals surface area contributed by atoms with E-state index in [1.54, 1.807) is 12.1 Å². The minimum absolute atomic E-state index is 0.0616. The van der Waals surface area contributed by atoms with E-state index in [1.807, 2.05) is 0 Å². The van der Waals surface area contributed by atoms with Gasteiger partial charge in [-0.3, -0.25) is 0 Å². The van der Waals surface area contributed by atoms with Crippen molar-refractivity contribution in [3.8, 4) is 17.2 Å². The van der Waals surface area contributed by atoms with Crippen LogP contribution in [0.2, 0.25) is 25.1 Å². The fourth-order valence-electron chi connectivity index (χ4n) is 1.31.